The summed E-state index contributed by atoms with van der Waals surface area (Å²) in [5, 5.41) is 8.98. The van der Waals surface area contributed by atoms with Gasteiger partial charge in [0.25, 0.3) is 0 Å². The molecule has 1 aliphatic heterocycles. The third-order valence-corrected chi connectivity index (χ3v) is 2.88. The minimum absolute atomic E-state index is 0.261. The monoisotopic (exact) mass is 236 g/mol. The zero-order chi connectivity index (χ0) is 12.3. The lowest BCUT2D eigenvalue weighted by Crippen LogP contribution is -2.27. The van der Waals surface area contributed by atoms with E-state index in [9.17, 15) is 4.79 Å². The van der Waals surface area contributed by atoms with Crippen LogP contribution in [0.4, 0.5) is 0 Å². The van der Waals surface area contributed by atoms with Crippen molar-refractivity contribution in [2.45, 2.75) is 25.6 Å². The fraction of sp³-hybridized carbons (Fsp3) is 0.462. The van der Waals surface area contributed by atoms with Crippen LogP contribution < -0.4 is 0 Å². The highest BCUT2D eigenvalue weighted by molar-refractivity contribution is 5.87. The number of hydrogen-bond donors (Lipinski definition) is 1. The molecular weight excluding hydrogens is 220 g/mol. The number of aromatic carboxylic acids is 1. The molecule has 0 spiro atoms. The van der Waals surface area contributed by atoms with Crippen molar-refractivity contribution in [2.75, 3.05) is 13.2 Å². The van der Waals surface area contributed by atoms with E-state index in [-0.39, 0.29) is 5.56 Å². The minimum atomic E-state index is -0.934. The van der Waals surface area contributed by atoms with Crippen molar-refractivity contribution in [2.24, 2.45) is 0 Å². The van der Waals surface area contributed by atoms with Crippen LogP contribution in [-0.4, -0.2) is 24.3 Å². The summed E-state index contributed by atoms with van der Waals surface area (Å²) in [5.74, 6) is -1.68. The summed E-state index contributed by atoms with van der Waals surface area (Å²) in [4.78, 5) is 10.9. The predicted molar refractivity (Wildman–Crippen MR) is 61.9 cm³/mol. The van der Waals surface area contributed by atoms with Crippen molar-refractivity contribution in [1.29, 1.82) is 0 Å². The Hall–Kier alpha value is -1.39. The van der Waals surface area contributed by atoms with Crippen molar-refractivity contribution in [3.8, 4) is 0 Å². The number of carboxylic acid groups (broad SMARTS) is 1. The quantitative estimate of drug-likeness (QED) is 0.872. The molecule has 4 heteroatoms. The zero-order valence-corrected chi connectivity index (χ0v) is 9.81. The van der Waals surface area contributed by atoms with Crippen molar-refractivity contribution in [3.05, 3.63) is 35.4 Å². The molecule has 1 aromatic rings. The average molecular weight is 236 g/mol. The van der Waals surface area contributed by atoms with E-state index in [2.05, 4.69) is 0 Å². The molecule has 1 aliphatic rings. The molecule has 0 bridgehead atoms. The molecule has 17 heavy (non-hydrogen) atoms. The second kappa shape index (κ2) is 4.85. The Morgan fingerprint density at radius 2 is 2.12 bits per heavy atom. The third-order valence-electron chi connectivity index (χ3n) is 2.88. The second-order valence-corrected chi connectivity index (χ2v) is 4.09. The van der Waals surface area contributed by atoms with E-state index in [1.54, 1.807) is 18.2 Å². The molecule has 4 nitrogen and oxygen atoms in total. The van der Waals surface area contributed by atoms with Crippen molar-refractivity contribution >= 4 is 5.97 Å². The van der Waals surface area contributed by atoms with E-state index in [1.807, 2.05) is 13.0 Å². The summed E-state index contributed by atoms with van der Waals surface area (Å²) in [6.45, 7) is 3.16. The molecule has 0 unspecified atom stereocenters. The molecule has 92 valence electrons. The van der Waals surface area contributed by atoms with Crippen molar-refractivity contribution in [3.63, 3.8) is 0 Å². The van der Waals surface area contributed by atoms with Crippen molar-refractivity contribution in [1.82, 2.24) is 0 Å². The average Bonchev–Trinajstić information content (AvgIpc) is 2.80. The topological polar surface area (TPSA) is 55.8 Å². The highest BCUT2D eigenvalue weighted by Gasteiger charge is 2.37. The van der Waals surface area contributed by atoms with Crippen LogP contribution in [0.5, 0.6) is 0 Å². The van der Waals surface area contributed by atoms with Gasteiger partial charge in [-0.1, -0.05) is 25.5 Å². The lowest BCUT2D eigenvalue weighted by molar-refractivity contribution is -0.171. The lowest BCUT2D eigenvalue weighted by atomic mass is 9.99. The summed E-state index contributed by atoms with van der Waals surface area (Å²) in [6.07, 6.45) is 1.65. The summed E-state index contributed by atoms with van der Waals surface area (Å²) in [5.41, 5.74) is 1.05. The molecule has 0 amide bonds. The standard InChI is InChI=1S/C13H16O4/c1-2-6-13(16-7-8-17-13)11-5-3-4-10(9-11)12(14)15/h3-5,9H,2,6-8H2,1H3,(H,14,15). The van der Waals surface area contributed by atoms with Gasteiger partial charge in [0, 0.05) is 12.0 Å². The fourth-order valence-corrected chi connectivity index (χ4v) is 2.13. The van der Waals surface area contributed by atoms with Crippen LogP contribution in [0, 0.1) is 0 Å². The molecular formula is C13H16O4. The highest BCUT2D eigenvalue weighted by Crippen LogP contribution is 2.36. The summed E-state index contributed by atoms with van der Waals surface area (Å²) < 4.78 is 11.4. The van der Waals surface area contributed by atoms with Crippen LogP contribution in [-0.2, 0) is 15.3 Å². The molecule has 2 rings (SSSR count). The van der Waals surface area contributed by atoms with E-state index < -0.39 is 11.8 Å². The van der Waals surface area contributed by atoms with Crippen LogP contribution in [0.15, 0.2) is 24.3 Å². The van der Waals surface area contributed by atoms with Crippen molar-refractivity contribution < 1.29 is 19.4 Å². The Balaban J connectivity index is 2.36. The zero-order valence-electron chi connectivity index (χ0n) is 9.81. The van der Waals surface area contributed by atoms with Crippen LogP contribution in [0.3, 0.4) is 0 Å². The molecule has 0 radical (unpaired) electrons. The first-order valence-electron chi connectivity index (χ1n) is 5.80. The van der Waals surface area contributed by atoms with Gasteiger partial charge in [0.2, 0.25) is 0 Å². The van der Waals surface area contributed by atoms with E-state index in [4.69, 9.17) is 14.6 Å². The number of carboxylic acids is 1. The van der Waals surface area contributed by atoms with Gasteiger partial charge >= 0.3 is 5.97 Å². The first-order valence-corrected chi connectivity index (χ1v) is 5.80. The number of benzene rings is 1. The molecule has 0 aromatic heterocycles. The molecule has 1 fully saturated rings. The Morgan fingerprint density at radius 1 is 1.41 bits per heavy atom. The van der Waals surface area contributed by atoms with Crippen LogP contribution in [0.1, 0.15) is 35.7 Å². The molecule has 1 heterocycles. The van der Waals surface area contributed by atoms with Gasteiger partial charge < -0.3 is 14.6 Å². The number of ether oxygens (including phenoxy) is 2. The van der Waals surface area contributed by atoms with E-state index in [1.165, 1.54) is 0 Å². The maximum atomic E-state index is 10.9. The summed E-state index contributed by atoms with van der Waals surface area (Å²) >= 11 is 0. The molecule has 0 aliphatic carbocycles. The molecule has 1 saturated heterocycles. The molecule has 0 saturated carbocycles. The van der Waals surface area contributed by atoms with Gasteiger partial charge in [0.05, 0.1) is 18.8 Å². The Labute approximate surface area is 100 Å². The highest BCUT2D eigenvalue weighted by atomic mass is 16.7. The van der Waals surface area contributed by atoms with E-state index in [0.29, 0.717) is 13.2 Å². The first kappa shape index (κ1) is 12.1. The first-order chi connectivity index (χ1) is 8.18. The van der Waals surface area contributed by atoms with Gasteiger partial charge in [-0.3, -0.25) is 0 Å². The van der Waals surface area contributed by atoms with Crippen LogP contribution in [0.25, 0.3) is 0 Å². The maximum Gasteiger partial charge on any atom is 0.335 e. The smallest absolute Gasteiger partial charge is 0.335 e. The fourth-order valence-electron chi connectivity index (χ4n) is 2.13. The number of carbonyl (C=O) groups is 1. The maximum absolute atomic E-state index is 10.9. The molecule has 1 aromatic carbocycles. The van der Waals surface area contributed by atoms with Gasteiger partial charge in [0.15, 0.2) is 5.79 Å². The van der Waals surface area contributed by atoms with Gasteiger partial charge in [-0.25, -0.2) is 4.79 Å². The SMILES string of the molecule is CCCC1(c2cccc(C(=O)O)c2)OCCO1. The Morgan fingerprint density at radius 3 is 2.71 bits per heavy atom. The normalized spacial score (nSPS) is 18.2. The molecule has 1 N–H and O–H groups in total. The lowest BCUT2D eigenvalue weighted by Gasteiger charge is -2.27. The second-order valence-electron chi connectivity index (χ2n) is 4.09. The summed E-state index contributed by atoms with van der Waals surface area (Å²) in [7, 11) is 0. The minimum Gasteiger partial charge on any atom is -0.478 e. The third kappa shape index (κ3) is 2.33. The van der Waals surface area contributed by atoms with Gasteiger partial charge in [-0.15, -0.1) is 0 Å². The van der Waals surface area contributed by atoms with Gasteiger partial charge in [-0.2, -0.15) is 0 Å². The Bertz CT molecular complexity index is 408. The number of hydrogen-bond acceptors (Lipinski definition) is 3. The summed E-state index contributed by atoms with van der Waals surface area (Å²) in [6, 6.07) is 6.78. The van der Waals surface area contributed by atoms with E-state index in [0.717, 1.165) is 18.4 Å². The van der Waals surface area contributed by atoms with Gasteiger partial charge in [-0.05, 0) is 12.1 Å². The predicted octanol–water partition coefficient (Wildman–Crippen LogP) is 2.38. The largest absolute Gasteiger partial charge is 0.478 e. The number of rotatable bonds is 4. The Kier molecular flexibility index (Phi) is 3.45. The molecule has 0 atom stereocenters. The van der Waals surface area contributed by atoms with Crippen LogP contribution in [0.2, 0.25) is 0 Å². The van der Waals surface area contributed by atoms with Gasteiger partial charge in [0.1, 0.15) is 0 Å². The van der Waals surface area contributed by atoms with Crippen LogP contribution >= 0.6 is 0 Å². The van der Waals surface area contributed by atoms with E-state index >= 15 is 0 Å².